The van der Waals surface area contributed by atoms with Crippen molar-refractivity contribution in [3.8, 4) is 0 Å². The first-order valence-corrected chi connectivity index (χ1v) is 7.58. The Labute approximate surface area is 123 Å². The zero-order valence-corrected chi connectivity index (χ0v) is 12.5. The first-order chi connectivity index (χ1) is 9.71. The van der Waals surface area contributed by atoms with Gasteiger partial charge in [0, 0.05) is 23.9 Å². The van der Waals surface area contributed by atoms with Crippen LogP contribution < -0.4 is 5.32 Å². The van der Waals surface area contributed by atoms with E-state index in [9.17, 15) is 4.39 Å². The Kier molecular flexibility index (Phi) is 5.35. The van der Waals surface area contributed by atoms with Gasteiger partial charge in [0.1, 0.15) is 22.5 Å². The van der Waals surface area contributed by atoms with Crippen molar-refractivity contribution < 1.29 is 4.39 Å². The second-order valence-electron chi connectivity index (χ2n) is 4.34. The third-order valence-corrected chi connectivity index (χ3v) is 3.54. The molecule has 1 aromatic carbocycles. The molecule has 1 heterocycles. The molecule has 0 atom stereocenters. The van der Waals surface area contributed by atoms with Crippen LogP contribution in [-0.2, 0) is 6.42 Å². The van der Waals surface area contributed by atoms with E-state index in [1.54, 1.807) is 12.1 Å². The molecule has 5 heteroatoms. The van der Waals surface area contributed by atoms with Gasteiger partial charge in [-0.15, -0.1) is 0 Å². The van der Waals surface area contributed by atoms with Crippen molar-refractivity contribution in [2.24, 2.45) is 0 Å². The van der Waals surface area contributed by atoms with Gasteiger partial charge >= 0.3 is 0 Å². The zero-order chi connectivity index (χ0) is 14.4. The predicted molar refractivity (Wildman–Crippen MR) is 80.7 cm³/mol. The van der Waals surface area contributed by atoms with E-state index in [0.717, 1.165) is 41.0 Å². The fraction of sp³-hybridized carbons (Fsp3) is 0.333. The third-order valence-electron chi connectivity index (χ3n) is 2.62. The third kappa shape index (κ3) is 4.20. The SMILES string of the molecule is CCCc1nc(NCC)cc(Sc2ccc(F)cc2)n1. The summed E-state index contributed by atoms with van der Waals surface area (Å²) in [6.07, 6.45) is 1.87. The summed E-state index contributed by atoms with van der Waals surface area (Å²) in [4.78, 5) is 9.98. The quantitative estimate of drug-likeness (QED) is 0.811. The van der Waals surface area contributed by atoms with Gasteiger partial charge in [-0.2, -0.15) is 0 Å². The van der Waals surface area contributed by atoms with Crippen LogP contribution in [-0.4, -0.2) is 16.5 Å². The smallest absolute Gasteiger partial charge is 0.132 e. The average molecular weight is 291 g/mol. The highest BCUT2D eigenvalue weighted by molar-refractivity contribution is 7.99. The Balaban J connectivity index is 2.22. The summed E-state index contributed by atoms with van der Waals surface area (Å²) >= 11 is 1.52. The van der Waals surface area contributed by atoms with E-state index in [2.05, 4.69) is 22.2 Å². The van der Waals surface area contributed by atoms with Crippen molar-refractivity contribution in [3.63, 3.8) is 0 Å². The number of anilines is 1. The fourth-order valence-corrected chi connectivity index (χ4v) is 2.59. The van der Waals surface area contributed by atoms with Crippen LogP contribution >= 0.6 is 11.8 Å². The molecule has 1 N–H and O–H groups in total. The van der Waals surface area contributed by atoms with Gasteiger partial charge in [-0.05, 0) is 37.6 Å². The summed E-state index contributed by atoms with van der Waals surface area (Å²) in [6, 6.07) is 8.36. The summed E-state index contributed by atoms with van der Waals surface area (Å²) in [6.45, 7) is 4.97. The first-order valence-electron chi connectivity index (χ1n) is 6.76. The lowest BCUT2D eigenvalue weighted by molar-refractivity contribution is 0.626. The van der Waals surface area contributed by atoms with Gasteiger partial charge in [0.15, 0.2) is 0 Å². The van der Waals surface area contributed by atoms with Crippen LogP contribution in [0.5, 0.6) is 0 Å². The van der Waals surface area contributed by atoms with Crippen molar-refractivity contribution in [1.29, 1.82) is 0 Å². The van der Waals surface area contributed by atoms with Crippen LogP contribution in [0.15, 0.2) is 40.3 Å². The molecule has 106 valence electrons. The summed E-state index contributed by atoms with van der Waals surface area (Å²) in [5, 5.41) is 4.10. The minimum Gasteiger partial charge on any atom is -0.370 e. The van der Waals surface area contributed by atoms with Gasteiger partial charge in [0.05, 0.1) is 0 Å². The minimum atomic E-state index is -0.225. The van der Waals surface area contributed by atoms with Gasteiger partial charge in [0.25, 0.3) is 0 Å². The maximum atomic E-state index is 12.9. The molecule has 0 saturated carbocycles. The van der Waals surface area contributed by atoms with E-state index in [0.29, 0.717) is 0 Å². The highest BCUT2D eigenvalue weighted by Gasteiger charge is 2.06. The van der Waals surface area contributed by atoms with Crippen LogP contribution in [0.1, 0.15) is 26.1 Å². The summed E-state index contributed by atoms with van der Waals surface area (Å²) in [7, 11) is 0. The highest BCUT2D eigenvalue weighted by atomic mass is 32.2. The van der Waals surface area contributed by atoms with Gasteiger partial charge < -0.3 is 5.32 Å². The van der Waals surface area contributed by atoms with Crippen LogP contribution in [0.4, 0.5) is 10.2 Å². The second kappa shape index (κ2) is 7.24. The lowest BCUT2D eigenvalue weighted by atomic mass is 10.3. The molecule has 0 aliphatic heterocycles. The Hall–Kier alpha value is -1.62. The molecule has 3 nitrogen and oxygen atoms in total. The van der Waals surface area contributed by atoms with Crippen molar-refractivity contribution in [2.75, 3.05) is 11.9 Å². The number of nitrogens with one attached hydrogen (secondary N) is 1. The normalized spacial score (nSPS) is 10.6. The molecular formula is C15H18FN3S. The molecule has 0 radical (unpaired) electrons. The maximum absolute atomic E-state index is 12.9. The largest absolute Gasteiger partial charge is 0.370 e. The predicted octanol–water partition coefficient (Wildman–Crippen LogP) is 4.15. The molecule has 0 bridgehead atoms. The number of benzene rings is 1. The average Bonchev–Trinajstić information content (AvgIpc) is 2.42. The molecule has 0 saturated heterocycles. The molecule has 2 rings (SSSR count). The number of aryl methyl sites for hydroxylation is 1. The molecule has 20 heavy (non-hydrogen) atoms. The molecule has 0 aliphatic carbocycles. The molecule has 1 aromatic heterocycles. The van der Waals surface area contributed by atoms with Gasteiger partial charge in [0.2, 0.25) is 0 Å². The molecule has 0 spiro atoms. The number of rotatable bonds is 6. The first kappa shape index (κ1) is 14.8. The second-order valence-corrected chi connectivity index (χ2v) is 5.44. The Bertz CT molecular complexity index is 533. The fourth-order valence-electron chi connectivity index (χ4n) is 1.76. The summed E-state index contributed by atoms with van der Waals surface area (Å²) in [5.74, 6) is 1.46. The van der Waals surface area contributed by atoms with Gasteiger partial charge in [-0.25, -0.2) is 14.4 Å². The van der Waals surface area contributed by atoms with Crippen LogP contribution in [0.3, 0.4) is 0 Å². The van der Waals surface area contributed by atoms with Crippen molar-refractivity contribution in [3.05, 3.63) is 42.0 Å². The van der Waals surface area contributed by atoms with Crippen LogP contribution in [0, 0.1) is 5.82 Å². The number of halogens is 1. The summed E-state index contributed by atoms with van der Waals surface area (Å²) < 4.78 is 12.9. The monoisotopic (exact) mass is 291 g/mol. The van der Waals surface area contributed by atoms with Crippen molar-refractivity contribution in [2.45, 2.75) is 36.6 Å². The van der Waals surface area contributed by atoms with Crippen molar-refractivity contribution >= 4 is 17.6 Å². The molecule has 0 amide bonds. The van der Waals surface area contributed by atoms with E-state index in [4.69, 9.17) is 0 Å². The minimum absolute atomic E-state index is 0.225. The Morgan fingerprint density at radius 3 is 2.55 bits per heavy atom. The number of aromatic nitrogens is 2. The van der Waals surface area contributed by atoms with E-state index >= 15 is 0 Å². The Morgan fingerprint density at radius 1 is 1.15 bits per heavy atom. The molecule has 2 aromatic rings. The lowest BCUT2D eigenvalue weighted by Crippen LogP contribution is -2.04. The maximum Gasteiger partial charge on any atom is 0.132 e. The summed E-state index contributed by atoms with van der Waals surface area (Å²) in [5.41, 5.74) is 0. The molecule has 0 fully saturated rings. The molecule has 0 aliphatic rings. The van der Waals surface area contributed by atoms with Crippen LogP contribution in [0.2, 0.25) is 0 Å². The Morgan fingerprint density at radius 2 is 1.90 bits per heavy atom. The number of hydrogen-bond acceptors (Lipinski definition) is 4. The van der Waals surface area contributed by atoms with Gasteiger partial charge in [-0.1, -0.05) is 18.7 Å². The zero-order valence-electron chi connectivity index (χ0n) is 11.7. The molecular weight excluding hydrogens is 273 g/mol. The van der Waals surface area contributed by atoms with Crippen LogP contribution in [0.25, 0.3) is 0 Å². The van der Waals surface area contributed by atoms with Crippen molar-refractivity contribution in [1.82, 2.24) is 9.97 Å². The van der Waals surface area contributed by atoms with E-state index in [1.165, 1.54) is 23.9 Å². The standard InChI is InChI=1S/C15H18FN3S/c1-3-5-13-18-14(17-4-2)10-15(19-13)20-12-8-6-11(16)7-9-12/h6-10H,3-5H2,1-2H3,(H,17,18,19). The molecule has 0 unspecified atom stereocenters. The lowest BCUT2D eigenvalue weighted by Gasteiger charge is -2.08. The van der Waals surface area contributed by atoms with E-state index < -0.39 is 0 Å². The van der Waals surface area contributed by atoms with E-state index in [-0.39, 0.29) is 5.82 Å². The number of nitrogens with zero attached hydrogens (tertiary/aromatic N) is 2. The number of hydrogen-bond donors (Lipinski definition) is 1. The van der Waals surface area contributed by atoms with Gasteiger partial charge in [-0.3, -0.25) is 0 Å². The van der Waals surface area contributed by atoms with E-state index in [1.807, 2.05) is 13.0 Å². The topological polar surface area (TPSA) is 37.8 Å². The highest BCUT2D eigenvalue weighted by Crippen LogP contribution is 2.27.